The molecule has 1 aliphatic heterocycles. The van der Waals surface area contributed by atoms with Crippen LogP contribution in [-0.2, 0) is 11.3 Å². The van der Waals surface area contributed by atoms with Crippen LogP contribution in [0.4, 0.5) is 0 Å². The Labute approximate surface area is 131 Å². The first-order chi connectivity index (χ1) is 10.5. The summed E-state index contributed by atoms with van der Waals surface area (Å²) >= 11 is 0. The van der Waals surface area contributed by atoms with Crippen LogP contribution in [0, 0.1) is 13.8 Å². The topological polar surface area (TPSA) is 50.5 Å². The molecule has 0 spiro atoms. The molecule has 0 radical (unpaired) electrons. The number of imidazole rings is 1. The molecular weight excluding hydrogens is 278 g/mol. The SMILES string of the molecule is Cc1cc2ncn(C[C@H](O)CN3CCO[C@@H](C)C3)c2cc1C. The number of β-amino-alcohol motifs (C(OH)–C–C–N with tert-alkyl or cyclic N) is 1. The van der Waals surface area contributed by atoms with Gasteiger partial charge in [-0.15, -0.1) is 0 Å². The third-order valence-electron chi connectivity index (χ3n) is 4.44. The molecule has 22 heavy (non-hydrogen) atoms. The maximum atomic E-state index is 10.4. The van der Waals surface area contributed by atoms with Gasteiger partial charge in [0.1, 0.15) is 0 Å². The molecule has 0 unspecified atom stereocenters. The number of fused-ring (bicyclic) bond motifs is 1. The number of hydrogen-bond acceptors (Lipinski definition) is 4. The molecule has 3 rings (SSSR count). The van der Waals surface area contributed by atoms with E-state index in [0.29, 0.717) is 13.1 Å². The van der Waals surface area contributed by atoms with Gasteiger partial charge in [-0.2, -0.15) is 0 Å². The summed E-state index contributed by atoms with van der Waals surface area (Å²) in [5.41, 5.74) is 4.60. The summed E-state index contributed by atoms with van der Waals surface area (Å²) in [5, 5.41) is 10.4. The van der Waals surface area contributed by atoms with E-state index in [-0.39, 0.29) is 6.10 Å². The second-order valence-electron chi connectivity index (χ2n) is 6.42. The number of ether oxygens (including phenoxy) is 1. The maximum Gasteiger partial charge on any atom is 0.0959 e. The molecule has 2 heterocycles. The number of rotatable bonds is 4. The van der Waals surface area contributed by atoms with Crippen molar-refractivity contribution in [3.63, 3.8) is 0 Å². The molecule has 1 saturated heterocycles. The molecule has 0 bridgehead atoms. The van der Waals surface area contributed by atoms with E-state index in [9.17, 15) is 5.11 Å². The van der Waals surface area contributed by atoms with Crippen LogP contribution in [-0.4, -0.2) is 58.0 Å². The smallest absolute Gasteiger partial charge is 0.0959 e. The second kappa shape index (κ2) is 6.36. The van der Waals surface area contributed by atoms with Crippen LogP contribution >= 0.6 is 0 Å². The number of aryl methyl sites for hydroxylation is 2. The molecule has 1 N–H and O–H groups in total. The van der Waals surface area contributed by atoms with Gasteiger partial charge in [0.05, 0.1) is 42.7 Å². The van der Waals surface area contributed by atoms with Crippen molar-refractivity contribution in [1.82, 2.24) is 14.5 Å². The summed E-state index contributed by atoms with van der Waals surface area (Å²) in [5.74, 6) is 0. The maximum absolute atomic E-state index is 10.4. The van der Waals surface area contributed by atoms with Crippen molar-refractivity contribution in [2.75, 3.05) is 26.2 Å². The summed E-state index contributed by atoms with van der Waals surface area (Å²) in [7, 11) is 0. The fourth-order valence-corrected chi connectivity index (χ4v) is 3.10. The highest BCUT2D eigenvalue weighted by atomic mass is 16.5. The van der Waals surface area contributed by atoms with E-state index in [4.69, 9.17) is 4.74 Å². The predicted octanol–water partition coefficient (Wildman–Crippen LogP) is 1.73. The Morgan fingerprint density at radius 3 is 2.86 bits per heavy atom. The molecule has 0 amide bonds. The average molecular weight is 303 g/mol. The lowest BCUT2D eigenvalue weighted by molar-refractivity contribution is -0.0330. The third-order valence-corrected chi connectivity index (χ3v) is 4.44. The van der Waals surface area contributed by atoms with Crippen molar-refractivity contribution >= 4 is 11.0 Å². The Hall–Kier alpha value is -1.43. The zero-order valence-electron chi connectivity index (χ0n) is 13.6. The molecular formula is C17H25N3O2. The van der Waals surface area contributed by atoms with Gasteiger partial charge < -0.3 is 14.4 Å². The first-order valence-corrected chi connectivity index (χ1v) is 7.97. The molecule has 1 fully saturated rings. The Balaban J connectivity index is 1.68. The Morgan fingerprint density at radius 1 is 1.32 bits per heavy atom. The quantitative estimate of drug-likeness (QED) is 0.934. The summed E-state index contributed by atoms with van der Waals surface area (Å²) in [4.78, 5) is 6.72. The molecule has 1 aromatic carbocycles. The van der Waals surface area contributed by atoms with Crippen LogP contribution in [0.5, 0.6) is 0 Å². The number of aromatic nitrogens is 2. The summed E-state index contributed by atoms with van der Waals surface area (Å²) in [6.07, 6.45) is 1.68. The van der Waals surface area contributed by atoms with Crippen molar-refractivity contribution in [3.8, 4) is 0 Å². The number of aliphatic hydroxyl groups excluding tert-OH is 1. The van der Waals surface area contributed by atoms with E-state index in [2.05, 4.69) is 47.4 Å². The molecule has 2 atom stereocenters. The van der Waals surface area contributed by atoms with Crippen LogP contribution in [0.1, 0.15) is 18.1 Å². The van der Waals surface area contributed by atoms with Crippen molar-refractivity contribution in [3.05, 3.63) is 29.6 Å². The average Bonchev–Trinajstić information content (AvgIpc) is 2.81. The second-order valence-corrected chi connectivity index (χ2v) is 6.42. The van der Waals surface area contributed by atoms with Gasteiger partial charge in [-0.1, -0.05) is 0 Å². The number of nitrogens with zero attached hydrogens (tertiary/aromatic N) is 3. The first kappa shape index (κ1) is 15.5. The van der Waals surface area contributed by atoms with Gasteiger partial charge in [0.2, 0.25) is 0 Å². The number of hydrogen-bond donors (Lipinski definition) is 1. The van der Waals surface area contributed by atoms with Crippen LogP contribution in [0.25, 0.3) is 11.0 Å². The van der Waals surface area contributed by atoms with Crippen molar-refractivity contribution in [2.45, 2.75) is 39.5 Å². The van der Waals surface area contributed by atoms with Gasteiger partial charge in [0.25, 0.3) is 0 Å². The van der Waals surface area contributed by atoms with Crippen molar-refractivity contribution in [2.24, 2.45) is 0 Å². The van der Waals surface area contributed by atoms with E-state index in [0.717, 1.165) is 30.7 Å². The molecule has 0 saturated carbocycles. The van der Waals surface area contributed by atoms with E-state index in [1.54, 1.807) is 0 Å². The normalized spacial score (nSPS) is 21.4. The fraction of sp³-hybridized carbons (Fsp3) is 0.588. The van der Waals surface area contributed by atoms with E-state index in [1.165, 1.54) is 11.1 Å². The summed E-state index contributed by atoms with van der Waals surface area (Å²) < 4.78 is 7.59. The van der Waals surface area contributed by atoms with Crippen LogP contribution in [0.15, 0.2) is 18.5 Å². The minimum Gasteiger partial charge on any atom is -0.390 e. The van der Waals surface area contributed by atoms with Gasteiger partial charge in [-0.3, -0.25) is 4.90 Å². The molecule has 1 aliphatic rings. The summed E-state index contributed by atoms with van der Waals surface area (Å²) in [6.45, 7) is 10.1. The lowest BCUT2D eigenvalue weighted by Gasteiger charge is -2.32. The van der Waals surface area contributed by atoms with Gasteiger partial charge in [0, 0.05) is 19.6 Å². The Kier molecular flexibility index (Phi) is 4.47. The molecule has 5 heteroatoms. The van der Waals surface area contributed by atoms with Gasteiger partial charge >= 0.3 is 0 Å². The third kappa shape index (κ3) is 3.32. The molecule has 120 valence electrons. The molecule has 2 aromatic rings. The van der Waals surface area contributed by atoms with Crippen molar-refractivity contribution < 1.29 is 9.84 Å². The van der Waals surface area contributed by atoms with Gasteiger partial charge in [0.15, 0.2) is 0 Å². The minimum absolute atomic E-state index is 0.251. The first-order valence-electron chi connectivity index (χ1n) is 7.97. The number of morpholine rings is 1. The number of benzene rings is 1. The highest BCUT2D eigenvalue weighted by Crippen LogP contribution is 2.19. The number of aliphatic hydroxyl groups is 1. The monoisotopic (exact) mass is 303 g/mol. The highest BCUT2D eigenvalue weighted by molar-refractivity contribution is 5.77. The van der Waals surface area contributed by atoms with Gasteiger partial charge in [-0.05, 0) is 44.0 Å². The van der Waals surface area contributed by atoms with Crippen molar-refractivity contribution in [1.29, 1.82) is 0 Å². The lowest BCUT2D eigenvalue weighted by Crippen LogP contribution is -2.45. The Morgan fingerprint density at radius 2 is 2.09 bits per heavy atom. The molecule has 5 nitrogen and oxygen atoms in total. The van der Waals surface area contributed by atoms with E-state index >= 15 is 0 Å². The molecule has 0 aliphatic carbocycles. The van der Waals surface area contributed by atoms with E-state index in [1.807, 2.05) is 6.33 Å². The standard InChI is InChI=1S/C17H25N3O2/c1-12-6-16-17(7-13(12)2)20(11-18-16)10-15(21)9-19-4-5-22-14(3)8-19/h6-7,11,14-15,21H,4-5,8-10H2,1-3H3/t14-,15+/m0/s1. The minimum atomic E-state index is -0.399. The van der Waals surface area contributed by atoms with Crippen LogP contribution in [0.2, 0.25) is 0 Å². The zero-order valence-corrected chi connectivity index (χ0v) is 13.6. The van der Waals surface area contributed by atoms with E-state index < -0.39 is 6.10 Å². The fourth-order valence-electron chi connectivity index (χ4n) is 3.10. The zero-order chi connectivity index (χ0) is 15.7. The Bertz CT molecular complexity index is 653. The van der Waals surface area contributed by atoms with Crippen LogP contribution < -0.4 is 0 Å². The molecule has 1 aromatic heterocycles. The predicted molar refractivity (Wildman–Crippen MR) is 87.1 cm³/mol. The summed E-state index contributed by atoms with van der Waals surface area (Å²) in [6, 6.07) is 4.26. The van der Waals surface area contributed by atoms with Crippen LogP contribution in [0.3, 0.4) is 0 Å². The lowest BCUT2D eigenvalue weighted by atomic mass is 10.1. The van der Waals surface area contributed by atoms with Gasteiger partial charge in [-0.25, -0.2) is 4.98 Å². The largest absolute Gasteiger partial charge is 0.390 e. The highest BCUT2D eigenvalue weighted by Gasteiger charge is 2.19.